The van der Waals surface area contributed by atoms with Crippen LogP contribution in [0.2, 0.25) is 0 Å². The van der Waals surface area contributed by atoms with Crippen molar-refractivity contribution in [2.75, 3.05) is 53.2 Å². The number of esters is 2. The molecule has 0 aromatic rings. The second-order valence-corrected chi connectivity index (χ2v) is 19.4. The molecule has 1 fully saturated rings. The van der Waals surface area contributed by atoms with E-state index in [1.54, 1.807) is 12.2 Å². The molecule has 1 heterocycles. The van der Waals surface area contributed by atoms with Gasteiger partial charge in [0.2, 0.25) is 11.8 Å². The van der Waals surface area contributed by atoms with Crippen molar-refractivity contribution in [1.82, 2.24) is 10.6 Å². The molecule has 69 heavy (non-hydrogen) atoms. The van der Waals surface area contributed by atoms with E-state index in [1.165, 1.54) is 38.5 Å². The molecule has 18 nitrogen and oxygen atoms in total. The Morgan fingerprint density at radius 2 is 1.26 bits per heavy atom. The summed E-state index contributed by atoms with van der Waals surface area (Å²) in [6, 6.07) is 0. The average Bonchev–Trinajstić information content (AvgIpc) is 3.34. The molecular formula is C50H91N2O16P. The lowest BCUT2D eigenvalue weighted by Gasteiger charge is -2.39. The molecule has 0 aliphatic carbocycles. The Labute approximate surface area is 413 Å². The number of hydrogen-bond acceptors (Lipinski definition) is 16. The van der Waals surface area contributed by atoms with Gasteiger partial charge in [-0.05, 0) is 64.7 Å². The van der Waals surface area contributed by atoms with Crippen LogP contribution < -0.4 is 10.6 Å². The predicted octanol–water partition coefficient (Wildman–Crippen LogP) is 7.43. The van der Waals surface area contributed by atoms with Gasteiger partial charge in [-0.1, -0.05) is 115 Å². The molecular weight excluding hydrogens is 916 g/mol. The zero-order valence-electron chi connectivity index (χ0n) is 42.4. The Kier molecular flexibility index (Phi) is 38.9. The minimum absolute atomic E-state index is 0.0161. The molecule has 0 bridgehead atoms. The summed E-state index contributed by atoms with van der Waals surface area (Å²) in [5.41, 5.74) is 0. The van der Waals surface area contributed by atoms with Gasteiger partial charge in [0.15, 0.2) is 12.4 Å². The van der Waals surface area contributed by atoms with E-state index in [9.17, 15) is 44.2 Å². The molecule has 0 saturated carbocycles. The molecule has 0 radical (unpaired) electrons. The lowest BCUT2D eigenvalue weighted by atomic mass is 9.99. The van der Waals surface area contributed by atoms with Crippen LogP contribution in [0, 0.1) is 5.92 Å². The first-order valence-electron chi connectivity index (χ1n) is 25.9. The van der Waals surface area contributed by atoms with Gasteiger partial charge >= 0.3 is 19.8 Å². The number of hydrogen-bond donors (Lipinski definition) is 6. The van der Waals surface area contributed by atoms with E-state index < -0.39 is 75.7 Å². The largest absolute Gasteiger partial charge is 0.474 e. The van der Waals surface area contributed by atoms with Crippen molar-refractivity contribution in [3.05, 3.63) is 24.3 Å². The maximum absolute atomic E-state index is 13.3. The standard InChI is InChI=1S/C50H91N2O16P/c1-5-8-10-12-13-14-15-16-17-18-19-20-21-22-24-32-45(56)67-41(38-64-49(60)40(28-7-3)29-23-11-9-6-2)39-66-69(61,62-4)65-36-34-52-44(55)31-26-25-30-43(54)51-33-27-35-63-50-48(59)47(58)46(57)42(37-53)68-50/h7,16-17,28,40-42,46-48,50,53,57-59H,5-6,8-15,18-27,29-39H2,1-4H3,(H,51,54)(H,52,55)/b17-16+,28-7-/t40?,41-,42?,46+,47+,48?,50-,69?/m1/s1. The molecule has 19 heteroatoms. The normalized spacial score (nSPS) is 20.1. The molecule has 0 aromatic carbocycles. The number of carbonyl (C=O) groups excluding carboxylic acids is 4. The second kappa shape index (κ2) is 41.8. The number of aliphatic hydroxyl groups excluding tert-OH is 4. The van der Waals surface area contributed by atoms with Crippen molar-refractivity contribution in [1.29, 1.82) is 0 Å². The van der Waals surface area contributed by atoms with E-state index in [0.29, 0.717) is 32.1 Å². The van der Waals surface area contributed by atoms with Crippen LogP contribution in [0.4, 0.5) is 0 Å². The molecule has 8 atom stereocenters. The van der Waals surface area contributed by atoms with Gasteiger partial charge in [0.1, 0.15) is 31.0 Å². The molecule has 4 unspecified atom stereocenters. The van der Waals surface area contributed by atoms with E-state index in [2.05, 4.69) is 36.6 Å². The third-order valence-corrected chi connectivity index (χ3v) is 13.0. The molecule has 402 valence electrons. The highest BCUT2D eigenvalue weighted by Gasteiger charge is 2.44. The number of rotatable bonds is 44. The SMILES string of the molecule is C/C=C\C(CCCCCC)C(=O)OC[C@H](COP(=O)(OC)OCCNC(=O)CCCCC(=O)NCCCO[C@@H]1OC(CO)[C@H](O)[C@H](O)C1O)OC(=O)CCCCCCC/C=C/CCCCCCCC. The molecule has 0 spiro atoms. The Balaban J connectivity index is 2.48. The summed E-state index contributed by atoms with van der Waals surface area (Å²) in [6.07, 6.45) is 21.3. The highest BCUT2D eigenvalue weighted by Crippen LogP contribution is 2.48. The first-order valence-corrected chi connectivity index (χ1v) is 27.3. The van der Waals surface area contributed by atoms with E-state index in [1.807, 2.05) is 6.92 Å². The van der Waals surface area contributed by atoms with E-state index >= 15 is 0 Å². The smallest absolute Gasteiger partial charge is 0.461 e. The fourth-order valence-electron chi connectivity index (χ4n) is 7.42. The van der Waals surface area contributed by atoms with E-state index in [4.69, 9.17) is 32.5 Å². The fraction of sp³-hybridized carbons (Fsp3) is 0.840. The summed E-state index contributed by atoms with van der Waals surface area (Å²) < 4.78 is 51.3. The number of unbranched alkanes of at least 4 members (excludes halogenated alkanes) is 15. The topological polar surface area (TPSA) is 255 Å². The molecule has 1 aliphatic rings. The Hall–Kier alpha value is -2.77. The molecule has 1 saturated heterocycles. The van der Waals surface area contributed by atoms with Crippen LogP contribution in [0.25, 0.3) is 0 Å². The Morgan fingerprint density at radius 1 is 0.681 bits per heavy atom. The van der Waals surface area contributed by atoms with Crippen molar-refractivity contribution in [2.45, 2.75) is 212 Å². The monoisotopic (exact) mass is 1010 g/mol. The second-order valence-electron chi connectivity index (χ2n) is 17.6. The Bertz CT molecular complexity index is 1450. The lowest BCUT2D eigenvalue weighted by Crippen LogP contribution is -2.59. The Morgan fingerprint density at radius 3 is 1.87 bits per heavy atom. The van der Waals surface area contributed by atoms with Crippen LogP contribution in [-0.2, 0) is 56.3 Å². The summed E-state index contributed by atoms with van der Waals surface area (Å²) in [4.78, 5) is 50.7. The van der Waals surface area contributed by atoms with Crippen LogP contribution in [-0.4, -0.2) is 134 Å². The van der Waals surface area contributed by atoms with Gasteiger partial charge in [-0.25, -0.2) is 4.57 Å². The number of nitrogens with one attached hydrogen (secondary N) is 2. The fourth-order valence-corrected chi connectivity index (χ4v) is 8.37. The zero-order valence-corrected chi connectivity index (χ0v) is 43.3. The number of phosphoric ester groups is 1. The molecule has 2 amide bonds. The molecule has 0 aromatic heterocycles. The minimum atomic E-state index is -4.18. The maximum atomic E-state index is 13.3. The summed E-state index contributed by atoms with van der Waals surface area (Å²) in [5, 5.41) is 44.4. The van der Waals surface area contributed by atoms with Gasteiger partial charge in [0, 0.05) is 39.5 Å². The first-order chi connectivity index (χ1) is 33.3. The highest BCUT2D eigenvalue weighted by molar-refractivity contribution is 7.48. The third-order valence-electron chi connectivity index (χ3n) is 11.6. The molecule has 6 N–H and O–H groups in total. The van der Waals surface area contributed by atoms with Crippen molar-refractivity contribution >= 4 is 31.6 Å². The third kappa shape index (κ3) is 32.0. The summed E-state index contributed by atoms with van der Waals surface area (Å²) in [6.45, 7) is 4.97. The lowest BCUT2D eigenvalue weighted by molar-refractivity contribution is -0.301. The van der Waals surface area contributed by atoms with Crippen molar-refractivity contribution in [2.24, 2.45) is 5.92 Å². The number of phosphoric acid groups is 1. The number of ether oxygens (including phenoxy) is 4. The van der Waals surface area contributed by atoms with Gasteiger partial charge in [-0.3, -0.25) is 32.7 Å². The summed E-state index contributed by atoms with van der Waals surface area (Å²) in [5.74, 6) is -1.93. The van der Waals surface area contributed by atoms with Crippen molar-refractivity contribution in [3.8, 4) is 0 Å². The first kappa shape index (κ1) is 64.2. The number of amides is 2. The molecule has 1 rings (SSSR count). The van der Waals surface area contributed by atoms with Crippen LogP contribution in [0.5, 0.6) is 0 Å². The van der Waals surface area contributed by atoms with E-state index in [-0.39, 0.29) is 64.0 Å². The van der Waals surface area contributed by atoms with Gasteiger partial charge in [0.25, 0.3) is 0 Å². The van der Waals surface area contributed by atoms with Crippen LogP contribution >= 0.6 is 7.82 Å². The van der Waals surface area contributed by atoms with Gasteiger partial charge < -0.3 is 50.0 Å². The van der Waals surface area contributed by atoms with Crippen LogP contribution in [0.3, 0.4) is 0 Å². The summed E-state index contributed by atoms with van der Waals surface area (Å²) >= 11 is 0. The number of allylic oxidation sites excluding steroid dienone is 3. The average molecular weight is 1010 g/mol. The van der Waals surface area contributed by atoms with Crippen molar-refractivity contribution in [3.63, 3.8) is 0 Å². The maximum Gasteiger partial charge on any atom is 0.474 e. The minimum Gasteiger partial charge on any atom is -0.461 e. The van der Waals surface area contributed by atoms with Crippen LogP contribution in [0.1, 0.15) is 175 Å². The van der Waals surface area contributed by atoms with Crippen LogP contribution in [0.15, 0.2) is 24.3 Å². The molecule has 1 aliphatic heterocycles. The highest BCUT2D eigenvalue weighted by atomic mass is 31.2. The number of aliphatic hydroxyl groups is 4. The van der Waals surface area contributed by atoms with Gasteiger partial charge in [0.05, 0.1) is 32.3 Å². The quantitative estimate of drug-likeness (QED) is 0.0150. The van der Waals surface area contributed by atoms with Gasteiger partial charge in [-0.2, -0.15) is 0 Å². The van der Waals surface area contributed by atoms with E-state index in [0.717, 1.165) is 71.3 Å². The summed E-state index contributed by atoms with van der Waals surface area (Å²) in [7, 11) is -3.04. The van der Waals surface area contributed by atoms with Crippen molar-refractivity contribution < 1.29 is 76.7 Å². The predicted molar refractivity (Wildman–Crippen MR) is 263 cm³/mol. The van der Waals surface area contributed by atoms with Gasteiger partial charge in [-0.15, -0.1) is 0 Å². The number of carbonyl (C=O) groups is 4. The zero-order chi connectivity index (χ0) is 51.0.